The molecule has 0 radical (unpaired) electrons. The molecule has 0 spiro atoms. The number of benzene rings is 2. The van der Waals surface area contributed by atoms with E-state index in [-0.39, 0.29) is 11.6 Å². The molecule has 0 saturated heterocycles. The van der Waals surface area contributed by atoms with Crippen molar-refractivity contribution < 1.29 is 8.78 Å². The third-order valence-electron chi connectivity index (χ3n) is 2.73. The summed E-state index contributed by atoms with van der Waals surface area (Å²) in [6, 6.07) is 12.9. The lowest BCUT2D eigenvalue weighted by atomic mass is 10.2. The molecule has 0 aromatic heterocycles. The summed E-state index contributed by atoms with van der Waals surface area (Å²) >= 11 is 0. The van der Waals surface area contributed by atoms with E-state index in [4.69, 9.17) is 0 Å². The van der Waals surface area contributed by atoms with Gasteiger partial charge < -0.3 is 0 Å². The van der Waals surface area contributed by atoms with Gasteiger partial charge in [-0.25, -0.2) is 8.78 Å². The first-order valence-corrected chi connectivity index (χ1v) is 5.81. The van der Waals surface area contributed by atoms with Crippen LogP contribution in [0.3, 0.4) is 0 Å². The SMILES string of the molecule is CN(Cc1ccc(F)cc1)Cc1ccc(F)cc1. The van der Waals surface area contributed by atoms with E-state index in [1.807, 2.05) is 7.05 Å². The highest BCUT2D eigenvalue weighted by Gasteiger charge is 2.02. The van der Waals surface area contributed by atoms with Crippen molar-refractivity contribution in [3.05, 3.63) is 71.3 Å². The zero-order valence-electron chi connectivity index (χ0n) is 10.2. The van der Waals surface area contributed by atoms with Gasteiger partial charge in [0.2, 0.25) is 0 Å². The topological polar surface area (TPSA) is 3.24 Å². The monoisotopic (exact) mass is 247 g/mol. The molecular formula is C15H15F2N. The summed E-state index contributed by atoms with van der Waals surface area (Å²) < 4.78 is 25.5. The van der Waals surface area contributed by atoms with E-state index < -0.39 is 0 Å². The van der Waals surface area contributed by atoms with Crippen molar-refractivity contribution in [3.8, 4) is 0 Å². The number of rotatable bonds is 4. The van der Waals surface area contributed by atoms with Crippen LogP contribution in [0.1, 0.15) is 11.1 Å². The highest BCUT2D eigenvalue weighted by Crippen LogP contribution is 2.09. The number of hydrogen-bond acceptors (Lipinski definition) is 1. The number of nitrogens with zero attached hydrogens (tertiary/aromatic N) is 1. The van der Waals surface area contributed by atoms with E-state index in [0.717, 1.165) is 24.2 Å². The maximum absolute atomic E-state index is 12.8. The Morgan fingerprint density at radius 2 is 1.06 bits per heavy atom. The third-order valence-corrected chi connectivity index (χ3v) is 2.73. The van der Waals surface area contributed by atoms with Gasteiger partial charge in [0, 0.05) is 13.1 Å². The van der Waals surface area contributed by atoms with Crippen LogP contribution in [0.25, 0.3) is 0 Å². The molecule has 0 saturated carbocycles. The summed E-state index contributed by atoms with van der Waals surface area (Å²) in [6.45, 7) is 1.47. The molecule has 3 heteroatoms. The molecule has 1 nitrogen and oxygen atoms in total. The van der Waals surface area contributed by atoms with Crippen LogP contribution >= 0.6 is 0 Å². The predicted octanol–water partition coefficient (Wildman–Crippen LogP) is 3.60. The predicted molar refractivity (Wildman–Crippen MR) is 68.0 cm³/mol. The molecule has 0 aliphatic rings. The van der Waals surface area contributed by atoms with Crippen molar-refractivity contribution in [1.29, 1.82) is 0 Å². The largest absolute Gasteiger partial charge is 0.298 e. The maximum Gasteiger partial charge on any atom is 0.123 e. The highest BCUT2D eigenvalue weighted by atomic mass is 19.1. The molecule has 0 N–H and O–H groups in total. The molecule has 0 aliphatic heterocycles. The van der Waals surface area contributed by atoms with Gasteiger partial charge in [0.25, 0.3) is 0 Å². The lowest BCUT2D eigenvalue weighted by molar-refractivity contribution is 0.319. The van der Waals surface area contributed by atoms with Crippen molar-refractivity contribution in [3.63, 3.8) is 0 Å². The normalized spacial score (nSPS) is 10.9. The number of halogens is 2. The van der Waals surface area contributed by atoms with E-state index in [0.29, 0.717) is 0 Å². The number of hydrogen-bond donors (Lipinski definition) is 0. The second kappa shape index (κ2) is 5.74. The first-order valence-electron chi connectivity index (χ1n) is 5.81. The zero-order chi connectivity index (χ0) is 13.0. The zero-order valence-corrected chi connectivity index (χ0v) is 10.2. The molecule has 0 heterocycles. The lowest BCUT2D eigenvalue weighted by Crippen LogP contribution is -2.17. The minimum absolute atomic E-state index is 0.222. The van der Waals surface area contributed by atoms with Crippen molar-refractivity contribution in [2.75, 3.05) is 7.05 Å². The molecule has 94 valence electrons. The van der Waals surface area contributed by atoms with Crippen molar-refractivity contribution in [1.82, 2.24) is 4.90 Å². The van der Waals surface area contributed by atoms with Crippen molar-refractivity contribution in [2.24, 2.45) is 0 Å². The van der Waals surface area contributed by atoms with Gasteiger partial charge in [0.15, 0.2) is 0 Å². The van der Waals surface area contributed by atoms with Crippen LogP contribution in [0.2, 0.25) is 0 Å². The Hall–Kier alpha value is -1.74. The Bertz CT molecular complexity index is 443. The van der Waals surface area contributed by atoms with Gasteiger partial charge in [-0.3, -0.25) is 4.90 Å². The molecule has 2 rings (SSSR count). The first-order chi connectivity index (χ1) is 8.63. The fourth-order valence-corrected chi connectivity index (χ4v) is 1.86. The Morgan fingerprint density at radius 3 is 1.39 bits per heavy atom. The van der Waals surface area contributed by atoms with Crippen LogP contribution in [-0.2, 0) is 13.1 Å². The Morgan fingerprint density at radius 1 is 0.722 bits per heavy atom. The molecule has 2 aromatic carbocycles. The summed E-state index contributed by atoms with van der Waals surface area (Å²) in [7, 11) is 1.98. The van der Waals surface area contributed by atoms with E-state index in [9.17, 15) is 8.78 Å². The van der Waals surface area contributed by atoms with Gasteiger partial charge in [-0.05, 0) is 42.4 Å². The molecule has 2 aromatic rings. The van der Waals surface area contributed by atoms with Crippen LogP contribution < -0.4 is 0 Å². The summed E-state index contributed by atoms with van der Waals surface area (Å²) in [6.07, 6.45) is 0. The van der Waals surface area contributed by atoms with Crippen molar-refractivity contribution in [2.45, 2.75) is 13.1 Å². The molecule has 0 aliphatic carbocycles. The fraction of sp³-hybridized carbons (Fsp3) is 0.200. The van der Waals surface area contributed by atoms with Crippen LogP contribution in [0.15, 0.2) is 48.5 Å². The minimum atomic E-state index is -0.222. The summed E-state index contributed by atoms with van der Waals surface area (Å²) in [5.74, 6) is -0.445. The van der Waals surface area contributed by atoms with Gasteiger partial charge >= 0.3 is 0 Å². The van der Waals surface area contributed by atoms with E-state index in [2.05, 4.69) is 4.90 Å². The smallest absolute Gasteiger partial charge is 0.123 e. The van der Waals surface area contributed by atoms with Crippen LogP contribution in [0.5, 0.6) is 0 Å². The maximum atomic E-state index is 12.8. The summed E-state index contributed by atoms with van der Waals surface area (Å²) in [5, 5.41) is 0. The average molecular weight is 247 g/mol. The van der Waals surface area contributed by atoms with E-state index >= 15 is 0 Å². The Labute approximate surface area is 106 Å². The van der Waals surface area contributed by atoms with Crippen LogP contribution in [0, 0.1) is 11.6 Å². The summed E-state index contributed by atoms with van der Waals surface area (Å²) in [4.78, 5) is 2.10. The van der Waals surface area contributed by atoms with Gasteiger partial charge in [0.1, 0.15) is 11.6 Å². The van der Waals surface area contributed by atoms with Crippen molar-refractivity contribution >= 4 is 0 Å². The van der Waals surface area contributed by atoms with Gasteiger partial charge in [0.05, 0.1) is 0 Å². The molecule has 0 amide bonds. The van der Waals surface area contributed by atoms with E-state index in [1.165, 1.54) is 24.3 Å². The second-order valence-electron chi connectivity index (χ2n) is 4.43. The molecule has 0 unspecified atom stereocenters. The second-order valence-corrected chi connectivity index (χ2v) is 4.43. The molecule has 0 bridgehead atoms. The van der Waals surface area contributed by atoms with Crippen LogP contribution in [0.4, 0.5) is 8.78 Å². The van der Waals surface area contributed by atoms with Gasteiger partial charge in [-0.15, -0.1) is 0 Å². The molecule has 18 heavy (non-hydrogen) atoms. The minimum Gasteiger partial charge on any atom is -0.298 e. The van der Waals surface area contributed by atoms with Gasteiger partial charge in [-0.2, -0.15) is 0 Å². The quantitative estimate of drug-likeness (QED) is 0.798. The molecule has 0 fully saturated rings. The fourth-order valence-electron chi connectivity index (χ4n) is 1.86. The third kappa shape index (κ3) is 3.64. The standard InChI is InChI=1S/C15H15F2N/c1-18(10-12-2-6-14(16)7-3-12)11-13-4-8-15(17)9-5-13/h2-9H,10-11H2,1H3. The highest BCUT2D eigenvalue weighted by molar-refractivity contribution is 5.18. The van der Waals surface area contributed by atoms with Crippen LogP contribution in [-0.4, -0.2) is 11.9 Å². The Balaban J connectivity index is 1.94. The Kier molecular flexibility index (Phi) is 4.05. The van der Waals surface area contributed by atoms with E-state index in [1.54, 1.807) is 24.3 Å². The molecule has 0 atom stereocenters. The molecular weight excluding hydrogens is 232 g/mol. The summed E-state index contributed by atoms with van der Waals surface area (Å²) in [5.41, 5.74) is 2.11. The average Bonchev–Trinajstić information content (AvgIpc) is 2.35. The van der Waals surface area contributed by atoms with Gasteiger partial charge in [-0.1, -0.05) is 24.3 Å². The first kappa shape index (κ1) is 12.7. The lowest BCUT2D eigenvalue weighted by Gasteiger charge is -2.16.